The molecule has 5 rings (SSSR count). The molecule has 2 heterocycles. The number of β-amino-alcohol motifs (C(OH)–C–C–N with tert-alkyl or cyclic N) is 1. The van der Waals surface area contributed by atoms with Gasteiger partial charge in [0.15, 0.2) is 5.82 Å². The third kappa shape index (κ3) is 6.73. The van der Waals surface area contributed by atoms with Crippen LogP contribution >= 0.6 is 11.6 Å². The van der Waals surface area contributed by atoms with Crippen molar-refractivity contribution in [3.05, 3.63) is 82.4 Å². The third-order valence-electron chi connectivity index (χ3n) is 6.95. The maximum atomic E-state index is 13.4. The summed E-state index contributed by atoms with van der Waals surface area (Å²) in [6, 6.07) is 14.6. The first-order chi connectivity index (χ1) is 20.2. The molecule has 8 nitrogen and oxygen atoms in total. The molecule has 0 atom stereocenters. The summed E-state index contributed by atoms with van der Waals surface area (Å²) in [5, 5.41) is 16.3. The van der Waals surface area contributed by atoms with Gasteiger partial charge >= 0.3 is 6.18 Å². The fourth-order valence-electron chi connectivity index (χ4n) is 4.53. The number of carbonyl (C=O) groups excluding carboxylic acids is 2. The molecular weight excluding hydrogens is 583 g/mol. The summed E-state index contributed by atoms with van der Waals surface area (Å²) < 4.78 is 40.2. The molecule has 0 spiro atoms. The molecule has 2 amide bonds. The molecule has 0 radical (unpaired) electrons. The number of aromatic nitrogens is 2. The Balaban J connectivity index is 1.46. The minimum atomic E-state index is -4.54. The van der Waals surface area contributed by atoms with E-state index in [-0.39, 0.29) is 34.4 Å². The molecule has 1 aromatic heterocycles. The lowest BCUT2D eigenvalue weighted by Crippen LogP contribution is -2.51. The number of fused-ring (bicyclic) bond motifs is 1. The van der Waals surface area contributed by atoms with Crippen molar-refractivity contribution < 1.29 is 27.9 Å². The van der Waals surface area contributed by atoms with Gasteiger partial charge in [-0.2, -0.15) is 13.2 Å². The van der Waals surface area contributed by atoms with Crippen LogP contribution in [0, 0.1) is 5.41 Å². The Bertz CT molecular complexity index is 1720. The average Bonchev–Trinajstić information content (AvgIpc) is 2.93. The van der Waals surface area contributed by atoms with Gasteiger partial charge in [-0.25, -0.2) is 9.97 Å². The van der Waals surface area contributed by atoms with E-state index < -0.39 is 29.2 Å². The van der Waals surface area contributed by atoms with Crippen LogP contribution in [-0.4, -0.2) is 46.1 Å². The number of carbonyl (C=O) groups is 2. The Labute approximate surface area is 250 Å². The zero-order chi connectivity index (χ0) is 31.1. The molecule has 0 unspecified atom stereocenters. The first-order valence-electron chi connectivity index (χ1n) is 13.5. The van der Waals surface area contributed by atoms with Crippen molar-refractivity contribution in [1.82, 2.24) is 15.3 Å². The van der Waals surface area contributed by atoms with Crippen LogP contribution < -0.4 is 15.5 Å². The highest BCUT2D eigenvalue weighted by Gasteiger charge is 2.31. The molecule has 1 aliphatic rings. The van der Waals surface area contributed by atoms with Crippen molar-refractivity contribution >= 4 is 45.8 Å². The maximum absolute atomic E-state index is 13.4. The van der Waals surface area contributed by atoms with Gasteiger partial charge in [-0.05, 0) is 48.0 Å². The van der Waals surface area contributed by atoms with Crippen molar-refractivity contribution in [2.45, 2.75) is 39.6 Å². The minimum absolute atomic E-state index is 0.0755. The molecule has 1 saturated heterocycles. The lowest BCUT2D eigenvalue weighted by Gasteiger charge is -2.37. The van der Waals surface area contributed by atoms with Gasteiger partial charge in [0.2, 0.25) is 5.91 Å². The van der Waals surface area contributed by atoms with Crippen LogP contribution in [0.2, 0.25) is 5.02 Å². The second kappa shape index (κ2) is 11.5. The van der Waals surface area contributed by atoms with Gasteiger partial charge in [-0.3, -0.25) is 9.59 Å². The zero-order valence-corrected chi connectivity index (χ0v) is 24.3. The number of halogens is 4. The van der Waals surface area contributed by atoms with Gasteiger partial charge in [-0.15, -0.1) is 0 Å². The standard InChI is InChI=1S/C31H29ClF3N5O3/c1-30(2,3)29(43)36-14-17-7-10-24(32)23(11-17)28(42)37-20-8-9-22-25(13-20)38-26(39-27(22)40-15-21(41)16-40)18-5-4-6-19(12-18)31(33,34)35/h4-13,21,41H,14-16H2,1-3H3,(H,36,43)(H,37,42). The summed E-state index contributed by atoms with van der Waals surface area (Å²) in [5.74, 6) is -0.0880. The Hall–Kier alpha value is -4.22. The molecule has 0 aliphatic carbocycles. The summed E-state index contributed by atoms with van der Waals surface area (Å²) >= 11 is 6.34. The highest BCUT2D eigenvalue weighted by atomic mass is 35.5. The Morgan fingerprint density at radius 3 is 2.44 bits per heavy atom. The quantitative estimate of drug-likeness (QED) is 0.245. The number of anilines is 2. The molecule has 0 saturated carbocycles. The molecule has 224 valence electrons. The van der Waals surface area contributed by atoms with Crippen molar-refractivity contribution in [3.8, 4) is 11.4 Å². The number of nitrogens with zero attached hydrogens (tertiary/aromatic N) is 3. The fraction of sp³-hybridized carbons (Fsp3) is 0.290. The van der Waals surface area contributed by atoms with Crippen LogP contribution in [0.15, 0.2) is 60.7 Å². The Morgan fingerprint density at radius 1 is 1.02 bits per heavy atom. The van der Waals surface area contributed by atoms with E-state index in [0.29, 0.717) is 41.1 Å². The SMILES string of the molecule is CC(C)(C)C(=O)NCc1ccc(Cl)c(C(=O)Nc2ccc3c(N4CC(O)C4)nc(-c4cccc(C(F)(F)F)c4)nc3c2)c1. The predicted molar refractivity (Wildman–Crippen MR) is 159 cm³/mol. The Kier molecular flexibility index (Phi) is 8.06. The van der Waals surface area contributed by atoms with Gasteiger partial charge < -0.3 is 20.6 Å². The topological polar surface area (TPSA) is 107 Å². The van der Waals surface area contributed by atoms with Crippen molar-refractivity contribution in [2.24, 2.45) is 5.41 Å². The van der Waals surface area contributed by atoms with E-state index in [2.05, 4.69) is 20.6 Å². The number of amides is 2. The van der Waals surface area contributed by atoms with Crippen LogP contribution in [0.1, 0.15) is 42.3 Å². The fourth-order valence-corrected chi connectivity index (χ4v) is 4.73. The van der Waals surface area contributed by atoms with E-state index in [9.17, 15) is 27.9 Å². The third-order valence-corrected chi connectivity index (χ3v) is 7.28. The first kappa shape index (κ1) is 30.2. The number of nitrogens with one attached hydrogen (secondary N) is 2. The van der Waals surface area contributed by atoms with E-state index in [1.54, 1.807) is 57.2 Å². The summed E-state index contributed by atoms with van der Waals surface area (Å²) in [4.78, 5) is 36.4. The molecular formula is C31H29ClF3N5O3. The lowest BCUT2D eigenvalue weighted by molar-refractivity contribution is -0.137. The van der Waals surface area contributed by atoms with Crippen LogP contribution in [0.3, 0.4) is 0 Å². The smallest absolute Gasteiger partial charge is 0.389 e. The number of aliphatic hydroxyl groups is 1. The van der Waals surface area contributed by atoms with Gasteiger partial charge in [0, 0.05) is 41.7 Å². The predicted octanol–water partition coefficient (Wildman–Crippen LogP) is 6.06. The highest BCUT2D eigenvalue weighted by Crippen LogP contribution is 2.35. The zero-order valence-electron chi connectivity index (χ0n) is 23.6. The monoisotopic (exact) mass is 611 g/mol. The number of benzene rings is 3. The van der Waals surface area contributed by atoms with Crippen LogP contribution in [0.5, 0.6) is 0 Å². The molecule has 1 fully saturated rings. The van der Waals surface area contributed by atoms with Crippen molar-refractivity contribution in [1.29, 1.82) is 0 Å². The molecule has 4 aromatic rings. The van der Waals surface area contributed by atoms with E-state index in [4.69, 9.17) is 11.6 Å². The van der Waals surface area contributed by atoms with Gasteiger partial charge in [0.1, 0.15) is 5.82 Å². The molecule has 3 aromatic carbocycles. The van der Waals surface area contributed by atoms with Gasteiger partial charge in [0.25, 0.3) is 5.91 Å². The van der Waals surface area contributed by atoms with Gasteiger partial charge in [0.05, 0.1) is 27.8 Å². The van der Waals surface area contributed by atoms with Gasteiger partial charge in [-0.1, -0.05) is 50.6 Å². The van der Waals surface area contributed by atoms with E-state index >= 15 is 0 Å². The van der Waals surface area contributed by atoms with Crippen molar-refractivity contribution in [3.63, 3.8) is 0 Å². The second-order valence-corrected chi connectivity index (χ2v) is 11.8. The summed E-state index contributed by atoms with van der Waals surface area (Å²) in [6.07, 6.45) is -5.08. The minimum Gasteiger partial charge on any atom is -0.389 e. The molecule has 3 N–H and O–H groups in total. The summed E-state index contributed by atoms with van der Waals surface area (Å²) in [6.45, 7) is 6.25. The largest absolute Gasteiger partial charge is 0.416 e. The number of aliphatic hydroxyl groups excluding tert-OH is 1. The second-order valence-electron chi connectivity index (χ2n) is 11.4. The van der Waals surface area contributed by atoms with Crippen LogP contribution in [0.4, 0.5) is 24.7 Å². The van der Waals surface area contributed by atoms with E-state index in [1.165, 1.54) is 12.1 Å². The first-order valence-corrected chi connectivity index (χ1v) is 13.9. The number of hydrogen-bond acceptors (Lipinski definition) is 6. The number of hydrogen-bond donors (Lipinski definition) is 3. The van der Waals surface area contributed by atoms with E-state index in [1.807, 2.05) is 4.90 Å². The summed E-state index contributed by atoms with van der Waals surface area (Å²) in [7, 11) is 0. The normalized spacial score (nSPS) is 14.0. The van der Waals surface area contributed by atoms with E-state index in [0.717, 1.165) is 12.1 Å². The Morgan fingerprint density at radius 2 is 1.77 bits per heavy atom. The highest BCUT2D eigenvalue weighted by molar-refractivity contribution is 6.34. The van der Waals surface area contributed by atoms with Crippen molar-refractivity contribution in [2.75, 3.05) is 23.3 Å². The molecule has 12 heteroatoms. The summed E-state index contributed by atoms with van der Waals surface area (Å²) in [5.41, 5.74) is 0.438. The van der Waals surface area contributed by atoms with Crippen LogP contribution in [-0.2, 0) is 17.5 Å². The lowest BCUT2D eigenvalue weighted by atomic mass is 9.95. The maximum Gasteiger partial charge on any atom is 0.416 e. The number of alkyl halides is 3. The molecule has 1 aliphatic heterocycles. The molecule has 43 heavy (non-hydrogen) atoms. The average molecular weight is 612 g/mol. The molecule has 0 bridgehead atoms. The van der Waals surface area contributed by atoms with Crippen LogP contribution in [0.25, 0.3) is 22.3 Å². The number of rotatable bonds is 6.